The highest BCUT2D eigenvalue weighted by molar-refractivity contribution is 9.10. The molecule has 1 aromatic carbocycles. The zero-order valence-electron chi connectivity index (χ0n) is 10.6. The minimum atomic E-state index is -1.16. The van der Waals surface area contributed by atoms with E-state index in [4.69, 9.17) is 9.84 Å². The van der Waals surface area contributed by atoms with Gasteiger partial charge in [0.15, 0.2) is 0 Å². The highest BCUT2D eigenvalue weighted by Crippen LogP contribution is 2.32. The van der Waals surface area contributed by atoms with E-state index in [9.17, 15) is 14.9 Å². The second-order valence-electron chi connectivity index (χ2n) is 3.93. The summed E-state index contributed by atoms with van der Waals surface area (Å²) in [5.74, 6) is -1.20. The molecule has 0 radical (unpaired) electrons. The van der Waals surface area contributed by atoms with Crippen LogP contribution in [-0.2, 0) is 0 Å². The standard InChI is InChI=1S/C12H8BrN3O5/c1-6-8(11(17)18)5-14-12(15-6)21-10-3-2-7(13)4-9(10)16(19)20/h2-5H,1H3,(H,17,18). The number of ether oxygens (including phenoxy) is 1. The van der Waals surface area contributed by atoms with Gasteiger partial charge < -0.3 is 9.84 Å². The molecule has 0 fully saturated rings. The second kappa shape index (κ2) is 5.83. The van der Waals surface area contributed by atoms with Gasteiger partial charge in [-0.3, -0.25) is 10.1 Å². The lowest BCUT2D eigenvalue weighted by molar-refractivity contribution is -0.385. The number of rotatable bonds is 4. The van der Waals surface area contributed by atoms with Crippen molar-refractivity contribution in [3.8, 4) is 11.8 Å². The summed E-state index contributed by atoms with van der Waals surface area (Å²) >= 11 is 3.13. The molecule has 0 atom stereocenters. The first-order valence-electron chi connectivity index (χ1n) is 5.57. The fraction of sp³-hybridized carbons (Fsp3) is 0.0833. The lowest BCUT2D eigenvalue weighted by atomic mass is 10.2. The summed E-state index contributed by atoms with van der Waals surface area (Å²) in [6.45, 7) is 1.48. The van der Waals surface area contributed by atoms with Crippen LogP contribution in [-0.4, -0.2) is 26.0 Å². The third kappa shape index (κ3) is 3.31. The van der Waals surface area contributed by atoms with Gasteiger partial charge in [-0.25, -0.2) is 9.78 Å². The Morgan fingerprint density at radius 2 is 2.19 bits per heavy atom. The number of aromatic nitrogens is 2. The first kappa shape index (κ1) is 14.9. The Morgan fingerprint density at radius 3 is 2.76 bits per heavy atom. The molecule has 0 aliphatic carbocycles. The summed E-state index contributed by atoms with van der Waals surface area (Å²) in [5.41, 5.74) is -0.118. The van der Waals surface area contributed by atoms with Crippen molar-refractivity contribution in [2.24, 2.45) is 0 Å². The molecule has 2 rings (SSSR count). The molecule has 8 nitrogen and oxygen atoms in total. The molecule has 0 spiro atoms. The van der Waals surface area contributed by atoms with Gasteiger partial charge in [-0.15, -0.1) is 0 Å². The highest BCUT2D eigenvalue weighted by atomic mass is 79.9. The molecular formula is C12H8BrN3O5. The number of nitro benzene ring substituents is 1. The molecule has 2 aromatic rings. The van der Waals surface area contributed by atoms with Gasteiger partial charge in [-0.1, -0.05) is 15.9 Å². The van der Waals surface area contributed by atoms with Crippen LogP contribution in [0.5, 0.6) is 11.8 Å². The molecule has 1 heterocycles. The van der Waals surface area contributed by atoms with Crippen molar-refractivity contribution in [2.45, 2.75) is 6.92 Å². The lowest BCUT2D eigenvalue weighted by Gasteiger charge is -2.06. The topological polar surface area (TPSA) is 115 Å². The van der Waals surface area contributed by atoms with Crippen molar-refractivity contribution in [2.75, 3.05) is 0 Å². The van der Waals surface area contributed by atoms with Gasteiger partial charge in [0.25, 0.3) is 0 Å². The van der Waals surface area contributed by atoms with Crippen LogP contribution in [0.4, 0.5) is 5.69 Å². The van der Waals surface area contributed by atoms with Crippen molar-refractivity contribution in [1.29, 1.82) is 0 Å². The summed E-state index contributed by atoms with van der Waals surface area (Å²) in [6, 6.07) is 4.09. The van der Waals surface area contributed by atoms with Crippen molar-refractivity contribution in [3.05, 3.63) is 50.2 Å². The molecule has 0 saturated heterocycles. The Morgan fingerprint density at radius 1 is 1.48 bits per heavy atom. The van der Waals surface area contributed by atoms with Crippen molar-refractivity contribution >= 4 is 27.6 Å². The fourth-order valence-electron chi connectivity index (χ4n) is 1.52. The van der Waals surface area contributed by atoms with Gasteiger partial charge in [0, 0.05) is 16.7 Å². The molecule has 0 bridgehead atoms. The molecule has 108 valence electrons. The number of benzene rings is 1. The Hall–Kier alpha value is -2.55. The molecule has 21 heavy (non-hydrogen) atoms. The van der Waals surface area contributed by atoms with Crippen LogP contribution in [0.15, 0.2) is 28.9 Å². The minimum absolute atomic E-state index is 0.0364. The van der Waals surface area contributed by atoms with Gasteiger partial charge in [0.1, 0.15) is 0 Å². The maximum absolute atomic E-state index is 11.0. The number of carboxylic acid groups (broad SMARTS) is 1. The summed E-state index contributed by atoms with van der Waals surface area (Å²) in [6.07, 6.45) is 1.09. The third-order valence-electron chi connectivity index (χ3n) is 2.51. The average molecular weight is 354 g/mol. The largest absolute Gasteiger partial charge is 0.478 e. The average Bonchev–Trinajstić information content (AvgIpc) is 2.40. The van der Waals surface area contributed by atoms with Crippen LogP contribution in [0.1, 0.15) is 16.1 Å². The van der Waals surface area contributed by atoms with E-state index in [2.05, 4.69) is 25.9 Å². The summed E-state index contributed by atoms with van der Waals surface area (Å²) in [5, 5.41) is 19.8. The second-order valence-corrected chi connectivity index (χ2v) is 4.84. The van der Waals surface area contributed by atoms with E-state index < -0.39 is 10.9 Å². The minimum Gasteiger partial charge on any atom is -0.478 e. The summed E-state index contributed by atoms with van der Waals surface area (Å²) in [7, 11) is 0. The Kier molecular flexibility index (Phi) is 4.13. The molecule has 0 saturated carbocycles. The molecule has 0 aliphatic heterocycles. The number of aromatic carboxylic acids is 1. The fourth-order valence-corrected chi connectivity index (χ4v) is 1.87. The van der Waals surface area contributed by atoms with E-state index >= 15 is 0 Å². The van der Waals surface area contributed by atoms with Crippen molar-refractivity contribution in [1.82, 2.24) is 9.97 Å². The first-order valence-corrected chi connectivity index (χ1v) is 6.36. The van der Waals surface area contributed by atoms with Gasteiger partial charge in [-0.2, -0.15) is 4.98 Å². The summed E-state index contributed by atoms with van der Waals surface area (Å²) in [4.78, 5) is 28.8. The van der Waals surface area contributed by atoms with Crippen LogP contribution in [0.2, 0.25) is 0 Å². The quantitative estimate of drug-likeness (QED) is 0.663. The molecule has 1 N–H and O–H groups in total. The number of halogens is 1. The predicted octanol–water partition coefficient (Wildman–Crippen LogP) is 2.95. The smallest absolute Gasteiger partial charge is 0.339 e. The normalized spacial score (nSPS) is 10.2. The van der Waals surface area contributed by atoms with Crippen LogP contribution in [0, 0.1) is 17.0 Å². The van der Waals surface area contributed by atoms with E-state index in [1.165, 1.54) is 19.1 Å². The highest BCUT2D eigenvalue weighted by Gasteiger charge is 2.18. The zero-order chi connectivity index (χ0) is 15.6. The third-order valence-corrected chi connectivity index (χ3v) is 3.00. The number of carboxylic acids is 1. The van der Waals surface area contributed by atoms with Gasteiger partial charge in [0.05, 0.1) is 16.2 Å². The molecule has 0 unspecified atom stereocenters. The lowest BCUT2D eigenvalue weighted by Crippen LogP contribution is -2.04. The van der Waals surface area contributed by atoms with Crippen LogP contribution < -0.4 is 4.74 Å². The Labute approximate surface area is 126 Å². The number of nitro groups is 1. The summed E-state index contributed by atoms with van der Waals surface area (Å²) < 4.78 is 5.79. The van der Waals surface area contributed by atoms with E-state index in [1.54, 1.807) is 6.07 Å². The van der Waals surface area contributed by atoms with Crippen LogP contribution in [0.3, 0.4) is 0 Å². The first-order chi connectivity index (χ1) is 9.88. The SMILES string of the molecule is Cc1nc(Oc2ccc(Br)cc2[N+](=O)[O-])ncc1C(=O)O. The van der Waals surface area contributed by atoms with E-state index in [-0.39, 0.29) is 28.7 Å². The van der Waals surface area contributed by atoms with Crippen molar-refractivity contribution < 1.29 is 19.6 Å². The Balaban J connectivity index is 2.37. The number of nitrogens with zero attached hydrogens (tertiary/aromatic N) is 3. The predicted molar refractivity (Wildman–Crippen MR) is 74.6 cm³/mol. The van der Waals surface area contributed by atoms with E-state index in [0.29, 0.717) is 4.47 Å². The van der Waals surface area contributed by atoms with E-state index in [1.807, 2.05) is 0 Å². The number of aryl methyl sites for hydroxylation is 1. The maximum atomic E-state index is 11.0. The number of carbonyl (C=O) groups is 1. The van der Waals surface area contributed by atoms with E-state index in [0.717, 1.165) is 6.20 Å². The maximum Gasteiger partial charge on any atom is 0.339 e. The number of hydrogen-bond donors (Lipinski definition) is 1. The molecular weight excluding hydrogens is 346 g/mol. The number of hydrogen-bond acceptors (Lipinski definition) is 6. The zero-order valence-corrected chi connectivity index (χ0v) is 12.2. The van der Waals surface area contributed by atoms with Gasteiger partial charge in [-0.05, 0) is 19.1 Å². The van der Waals surface area contributed by atoms with Crippen LogP contribution >= 0.6 is 15.9 Å². The molecule has 0 amide bonds. The molecule has 1 aromatic heterocycles. The van der Waals surface area contributed by atoms with Crippen molar-refractivity contribution in [3.63, 3.8) is 0 Å². The molecule has 0 aliphatic rings. The van der Waals surface area contributed by atoms with Gasteiger partial charge >= 0.3 is 17.7 Å². The monoisotopic (exact) mass is 353 g/mol. The van der Waals surface area contributed by atoms with Gasteiger partial charge in [0.2, 0.25) is 5.75 Å². The van der Waals surface area contributed by atoms with Crippen LogP contribution in [0.25, 0.3) is 0 Å². The Bertz CT molecular complexity index is 735. The molecule has 9 heteroatoms.